The summed E-state index contributed by atoms with van der Waals surface area (Å²) in [5.74, 6) is 0.608. The van der Waals surface area contributed by atoms with Crippen molar-refractivity contribution < 1.29 is 4.39 Å². The van der Waals surface area contributed by atoms with Crippen molar-refractivity contribution in [2.24, 2.45) is 5.92 Å². The predicted molar refractivity (Wildman–Crippen MR) is 62.2 cm³/mol. The van der Waals surface area contributed by atoms with Crippen molar-refractivity contribution in [1.82, 2.24) is 5.32 Å². The van der Waals surface area contributed by atoms with Crippen LogP contribution in [0.5, 0.6) is 0 Å². The third-order valence-corrected chi connectivity index (χ3v) is 2.38. The Hall–Kier alpha value is -0.890. The molecule has 0 heterocycles. The Balaban J connectivity index is 2.12. The number of benzene rings is 1. The number of nitrogens with one attached hydrogen (secondary N) is 1. The van der Waals surface area contributed by atoms with Crippen LogP contribution in [0.15, 0.2) is 24.3 Å². The maximum atomic E-state index is 12.6. The summed E-state index contributed by atoms with van der Waals surface area (Å²) >= 11 is 0. The van der Waals surface area contributed by atoms with Crippen LogP contribution >= 0.6 is 0 Å². The van der Waals surface area contributed by atoms with Gasteiger partial charge in [0, 0.05) is 6.54 Å². The fourth-order valence-electron chi connectivity index (χ4n) is 1.47. The summed E-state index contributed by atoms with van der Waals surface area (Å²) in [5.41, 5.74) is 1.14. The number of rotatable bonds is 6. The minimum Gasteiger partial charge on any atom is -0.313 e. The number of halogens is 1. The zero-order chi connectivity index (χ0) is 11.1. The van der Waals surface area contributed by atoms with Gasteiger partial charge in [0.15, 0.2) is 0 Å². The van der Waals surface area contributed by atoms with Crippen molar-refractivity contribution in [1.29, 1.82) is 0 Å². The molecule has 0 spiro atoms. The van der Waals surface area contributed by atoms with Gasteiger partial charge in [0.05, 0.1) is 0 Å². The molecule has 1 nitrogen and oxygen atoms in total. The fraction of sp³-hybridized carbons (Fsp3) is 0.538. The molecule has 0 fully saturated rings. The Kier molecular flexibility index (Phi) is 5.33. The van der Waals surface area contributed by atoms with Gasteiger partial charge in [0.1, 0.15) is 5.82 Å². The van der Waals surface area contributed by atoms with Crippen LogP contribution in [-0.2, 0) is 6.54 Å². The molecule has 0 radical (unpaired) electrons. The molecule has 15 heavy (non-hydrogen) atoms. The molecule has 0 bridgehead atoms. The first kappa shape index (κ1) is 12.2. The highest BCUT2D eigenvalue weighted by atomic mass is 19.1. The lowest BCUT2D eigenvalue weighted by Crippen LogP contribution is -2.15. The highest BCUT2D eigenvalue weighted by Gasteiger charge is 1.95. The Labute approximate surface area is 91.7 Å². The van der Waals surface area contributed by atoms with Crippen LogP contribution in [0, 0.1) is 11.7 Å². The summed E-state index contributed by atoms with van der Waals surface area (Å²) in [6.45, 7) is 6.34. The molecule has 84 valence electrons. The Morgan fingerprint density at radius 1 is 1.20 bits per heavy atom. The van der Waals surface area contributed by atoms with Crippen LogP contribution in [0.1, 0.15) is 32.3 Å². The topological polar surface area (TPSA) is 12.0 Å². The largest absolute Gasteiger partial charge is 0.313 e. The Morgan fingerprint density at radius 2 is 1.87 bits per heavy atom. The van der Waals surface area contributed by atoms with Gasteiger partial charge < -0.3 is 5.32 Å². The van der Waals surface area contributed by atoms with Crippen LogP contribution in [0.2, 0.25) is 0 Å². The van der Waals surface area contributed by atoms with Crippen molar-refractivity contribution >= 4 is 0 Å². The van der Waals surface area contributed by atoms with E-state index in [1.165, 1.54) is 25.0 Å². The maximum absolute atomic E-state index is 12.6. The minimum atomic E-state index is -0.168. The number of hydrogen-bond donors (Lipinski definition) is 1. The van der Waals surface area contributed by atoms with Gasteiger partial charge in [0.25, 0.3) is 0 Å². The standard InChI is InChI=1S/C13H20FN/c1-11(2)4-3-9-15-10-12-5-7-13(14)8-6-12/h5-8,11,15H,3-4,9-10H2,1-2H3. The fourth-order valence-corrected chi connectivity index (χ4v) is 1.47. The summed E-state index contributed by atoms with van der Waals surface area (Å²) in [5, 5.41) is 3.35. The third kappa shape index (κ3) is 5.53. The van der Waals surface area contributed by atoms with Gasteiger partial charge >= 0.3 is 0 Å². The molecule has 0 unspecified atom stereocenters. The summed E-state index contributed by atoms with van der Waals surface area (Å²) in [4.78, 5) is 0. The molecule has 0 saturated heterocycles. The van der Waals surface area contributed by atoms with Crippen LogP contribution in [0.4, 0.5) is 4.39 Å². The van der Waals surface area contributed by atoms with E-state index < -0.39 is 0 Å². The average Bonchev–Trinajstić information content (AvgIpc) is 2.20. The normalized spacial score (nSPS) is 10.9. The molecule has 1 N–H and O–H groups in total. The van der Waals surface area contributed by atoms with Crippen LogP contribution in [0.25, 0.3) is 0 Å². The lowest BCUT2D eigenvalue weighted by Gasteiger charge is -2.06. The molecule has 1 aromatic rings. The summed E-state index contributed by atoms with van der Waals surface area (Å²) in [6.07, 6.45) is 2.47. The lowest BCUT2D eigenvalue weighted by atomic mass is 10.1. The van der Waals surface area contributed by atoms with E-state index in [1.54, 1.807) is 0 Å². The van der Waals surface area contributed by atoms with Crippen molar-refractivity contribution in [3.05, 3.63) is 35.6 Å². The van der Waals surface area contributed by atoms with Gasteiger partial charge in [-0.15, -0.1) is 0 Å². The molecule has 2 heteroatoms. The molecule has 0 aromatic heterocycles. The highest BCUT2D eigenvalue weighted by Crippen LogP contribution is 2.04. The molecule has 0 atom stereocenters. The van der Waals surface area contributed by atoms with Gasteiger partial charge in [-0.2, -0.15) is 0 Å². The van der Waals surface area contributed by atoms with E-state index in [-0.39, 0.29) is 5.82 Å². The maximum Gasteiger partial charge on any atom is 0.123 e. The summed E-state index contributed by atoms with van der Waals surface area (Å²) in [7, 11) is 0. The minimum absolute atomic E-state index is 0.168. The van der Waals surface area contributed by atoms with Crippen LogP contribution in [0.3, 0.4) is 0 Å². The second-order valence-electron chi connectivity index (χ2n) is 4.34. The summed E-state index contributed by atoms with van der Waals surface area (Å²) in [6, 6.07) is 6.66. The zero-order valence-electron chi connectivity index (χ0n) is 9.59. The second-order valence-corrected chi connectivity index (χ2v) is 4.34. The molecule has 1 rings (SSSR count). The predicted octanol–water partition coefficient (Wildman–Crippen LogP) is 3.35. The summed E-state index contributed by atoms with van der Waals surface area (Å²) < 4.78 is 12.6. The Morgan fingerprint density at radius 3 is 2.47 bits per heavy atom. The first-order valence-corrected chi connectivity index (χ1v) is 5.63. The van der Waals surface area contributed by atoms with Gasteiger partial charge in [-0.05, 0) is 43.0 Å². The van der Waals surface area contributed by atoms with Gasteiger partial charge in [-0.1, -0.05) is 26.0 Å². The van der Waals surface area contributed by atoms with Gasteiger partial charge in [0.2, 0.25) is 0 Å². The van der Waals surface area contributed by atoms with Gasteiger partial charge in [-0.3, -0.25) is 0 Å². The smallest absolute Gasteiger partial charge is 0.123 e. The number of hydrogen-bond acceptors (Lipinski definition) is 1. The molecule has 0 amide bonds. The molecule has 0 aliphatic carbocycles. The van der Waals surface area contributed by atoms with E-state index in [4.69, 9.17) is 0 Å². The average molecular weight is 209 g/mol. The van der Waals surface area contributed by atoms with Crippen molar-refractivity contribution in [3.8, 4) is 0 Å². The molecule has 1 aromatic carbocycles. The molecule has 0 saturated carbocycles. The van der Waals surface area contributed by atoms with E-state index in [9.17, 15) is 4.39 Å². The molecular formula is C13H20FN. The SMILES string of the molecule is CC(C)CCCNCc1ccc(F)cc1. The molecule has 0 aliphatic rings. The van der Waals surface area contributed by atoms with Crippen LogP contribution in [-0.4, -0.2) is 6.54 Å². The van der Waals surface area contributed by atoms with E-state index in [0.29, 0.717) is 0 Å². The first-order valence-electron chi connectivity index (χ1n) is 5.63. The van der Waals surface area contributed by atoms with Crippen molar-refractivity contribution in [2.75, 3.05) is 6.54 Å². The first-order chi connectivity index (χ1) is 7.18. The quantitative estimate of drug-likeness (QED) is 0.708. The van der Waals surface area contributed by atoms with Gasteiger partial charge in [-0.25, -0.2) is 4.39 Å². The lowest BCUT2D eigenvalue weighted by molar-refractivity contribution is 0.527. The van der Waals surface area contributed by atoms with E-state index in [2.05, 4.69) is 19.2 Å². The van der Waals surface area contributed by atoms with Crippen molar-refractivity contribution in [3.63, 3.8) is 0 Å². The van der Waals surface area contributed by atoms with E-state index >= 15 is 0 Å². The third-order valence-electron chi connectivity index (χ3n) is 2.38. The monoisotopic (exact) mass is 209 g/mol. The van der Waals surface area contributed by atoms with E-state index in [0.717, 1.165) is 24.6 Å². The second kappa shape index (κ2) is 6.57. The molecule has 0 aliphatic heterocycles. The highest BCUT2D eigenvalue weighted by molar-refractivity contribution is 5.15. The van der Waals surface area contributed by atoms with Crippen LogP contribution < -0.4 is 5.32 Å². The Bertz CT molecular complexity index is 266. The molecular weight excluding hydrogens is 189 g/mol. The zero-order valence-corrected chi connectivity index (χ0v) is 9.59. The van der Waals surface area contributed by atoms with E-state index in [1.807, 2.05) is 12.1 Å². The van der Waals surface area contributed by atoms with Crippen molar-refractivity contribution in [2.45, 2.75) is 33.2 Å².